The van der Waals surface area contributed by atoms with Crippen molar-refractivity contribution in [2.75, 3.05) is 33.4 Å². The summed E-state index contributed by atoms with van der Waals surface area (Å²) in [6.45, 7) is 4.57. The minimum absolute atomic E-state index is 0.142. The van der Waals surface area contributed by atoms with E-state index in [1.54, 1.807) is 19.2 Å². The summed E-state index contributed by atoms with van der Waals surface area (Å²) in [5, 5.41) is 6.42. The normalized spacial score (nSPS) is 17.9. The molecular formula is C15H21ClN2O4. The fraction of sp³-hybridized carbons (Fsp3) is 0.533. The van der Waals surface area contributed by atoms with Gasteiger partial charge in [0.2, 0.25) is 0 Å². The second-order valence-electron chi connectivity index (χ2n) is 4.82. The monoisotopic (exact) mass is 328 g/mol. The van der Waals surface area contributed by atoms with Gasteiger partial charge in [0.15, 0.2) is 11.5 Å². The molecule has 2 rings (SSSR count). The molecule has 0 spiro atoms. The van der Waals surface area contributed by atoms with Gasteiger partial charge >= 0.3 is 0 Å². The maximum atomic E-state index is 12.0. The molecule has 0 bridgehead atoms. The Kier molecular flexibility index (Phi) is 6.30. The smallest absolute Gasteiger partial charge is 0.250 e. The Balaban J connectivity index is 2.00. The molecule has 1 aliphatic heterocycles. The topological polar surface area (TPSA) is 68.8 Å². The molecule has 1 saturated heterocycles. The number of hydrogen-bond donors (Lipinski definition) is 2. The van der Waals surface area contributed by atoms with Gasteiger partial charge in [-0.2, -0.15) is 0 Å². The molecule has 0 aromatic heterocycles. The van der Waals surface area contributed by atoms with Gasteiger partial charge in [-0.3, -0.25) is 4.79 Å². The fourth-order valence-corrected chi connectivity index (χ4v) is 2.48. The molecule has 0 radical (unpaired) electrons. The molecule has 22 heavy (non-hydrogen) atoms. The van der Waals surface area contributed by atoms with Gasteiger partial charge in [0.25, 0.3) is 5.91 Å². The zero-order valence-electron chi connectivity index (χ0n) is 12.8. The average Bonchev–Trinajstić information content (AvgIpc) is 2.55. The predicted molar refractivity (Wildman–Crippen MR) is 83.6 cm³/mol. The number of halogens is 1. The third kappa shape index (κ3) is 4.25. The van der Waals surface area contributed by atoms with Crippen LogP contribution in [0, 0.1) is 0 Å². The molecule has 0 saturated carbocycles. The first kappa shape index (κ1) is 16.9. The van der Waals surface area contributed by atoms with E-state index in [0.29, 0.717) is 42.8 Å². The highest BCUT2D eigenvalue weighted by molar-refractivity contribution is 6.32. The summed E-state index contributed by atoms with van der Waals surface area (Å²) in [5.74, 6) is 0.923. The molecule has 0 aliphatic carbocycles. The van der Waals surface area contributed by atoms with E-state index >= 15 is 0 Å². The summed E-state index contributed by atoms with van der Waals surface area (Å²) >= 11 is 6.20. The van der Waals surface area contributed by atoms with Gasteiger partial charge < -0.3 is 24.8 Å². The Morgan fingerprint density at radius 1 is 1.55 bits per heavy atom. The van der Waals surface area contributed by atoms with Gasteiger partial charge in [0.1, 0.15) is 6.10 Å². The van der Waals surface area contributed by atoms with Crippen LogP contribution in [-0.4, -0.2) is 45.4 Å². The van der Waals surface area contributed by atoms with Crippen LogP contribution in [0.15, 0.2) is 12.1 Å². The van der Waals surface area contributed by atoms with E-state index in [1.807, 2.05) is 6.92 Å². The van der Waals surface area contributed by atoms with Crippen LogP contribution in [0.4, 0.5) is 0 Å². The first-order valence-electron chi connectivity index (χ1n) is 7.25. The zero-order valence-corrected chi connectivity index (χ0v) is 13.5. The lowest BCUT2D eigenvalue weighted by molar-refractivity contribution is -0.134. The van der Waals surface area contributed by atoms with Crippen LogP contribution in [0.3, 0.4) is 0 Å². The van der Waals surface area contributed by atoms with Crippen LogP contribution in [-0.2, 0) is 16.1 Å². The summed E-state index contributed by atoms with van der Waals surface area (Å²) in [7, 11) is 1.55. The maximum Gasteiger partial charge on any atom is 0.250 e. The van der Waals surface area contributed by atoms with E-state index in [9.17, 15) is 4.79 Å². The van der Waals surface area contributed by atoms with Crippen LogP contribution in [0.5, 0.6) is 11.5 Å². The lowest BCUT2D eigenvalue weighted by atomic mass is 10.2. The third-order valence-electron chi connectivity index (χ3n) is 3.26. The molecular weight excluding hydrogens is 308 g/mol. The van der Waals surface area contributed by atoms with Crippen molar-refractivity contribution in [1.29, 1.82) is 0 Å². The van der Waals surface area contributed by atoms with Crippen LogP contribution in [0.1, 0.15) is 12.5 Å². The molecule has 1 aromatic carbocycles. The number of ether oxygens (including phenoxy) is 3. The highest BCUT2D eigenvalue weighted by Gasteiger charge is 2.21. The van der Waals surface area contributed by atoms with Crippen molar-refractivity contribution in [1.82, 2.24) is 10.6 Å². The number of morpholine rings is 1. The van der Waals surface area contributed by atoms with Crippen LogP contribution >= 0.6 is 11.6 Å². The summed E-state index contributed by atoms with van der Waals surface area (Å²) in [6.07, 6.45) is -0.450. The minimum atomic E-state index is -0.450. The standard InChI is InChI=1S/C15H21ClN2O4/c1-3-21-14-11(16)6-10(7-12(14)20-2)8-18-15(19)13-9-17-4-5-22-13/h6-7,13,17H,3-5,8-9H2,1-2H3,(H,18,19). The Bertz CT molecular complexity index is 519. The number of hydrogen-bond acceptors (Lipinski definition) is 5. The van der Waals surface area contributed by atoms with Crippen LogP contribution < -0.4 is 20.1 Å². The van der Waals surface area contributed by atoms with Gasteiger partial charge in [-0.25, -0.2) is 0 Å². The van der Waals surface area contributed by atoms with E-state index in [0.717, 1.165) is 12.1 Å². The molecule has 1 atom stereocenters. The minimum Gasteiger partial charge on any atom is -0.493 e. The summed E-state index contributed by atoms with van der Waals surface area (Å²) in [4.78, 5) is 12.0. The molecule has 1 heterocycles. The van der Waals surface area contributed by atoms with Crippen molar-refractivity contribution in [2.24, 2.45) is 0 Å². The Labute approximate surface area is 135 Å². The lowest BCUT2D eigenvalue weighted by Crippen LogP contribution is -2.47. The van der Waals surface area contributed by atoms with Crippen molar-refractivity contribution < 1.29 is 19.0 Å². The maximum absolute atomic E-state index is 12.0. The lowest BCUT2D eigenvalue weighted by Gasteiger charge is -2.22. The third-order valence-corrected chi connectivity index (χ3v) is 3.55. The Morgan fingerprint density at radius 3 is 3.00 bits per heavy atom. The number of nitrogens with one attached hydrogen (secondary N) is 2. The predicted octanol–water partition coefficient (Wildman–Crippen LogP) is 1.35. The van der Waals surface area contributed by atoms with Gasteiger partial charge in [-0.15, -0.1) is 0 Å². The molecule has 122 valence electrons. The van der Waals surface area contributed by atoms with E-state index in [-0.39, 0.29) is 5.91 Å². The SMILES string of the molecule is CCOc1c(Cl)cc(CNC(=O)C2CNCCO2)cc1OC. The number of rotatable bonds is 6. The summed E-state index contributed by atoms with van der Waals surface area (Å²) < 4.78 is 16.2. The second kappa shape index (κ2) is 8.22. The largest absolute Gasteiger partial charge is 0.493 e. The van der Waals surface area contributed by atoms with E-state index in [4.69, 9.17) is 25.8 Å². The molecule has 2 N–H and O–H groups in total. The first-order chi connectivity index (χ1) is 10.7. The van der Waals surface area contributed by atoms with Gasteiger partial charge in [-0.05, 0) is 24.6 Å². The van der Waals surface area contributed by atoms with Crippen molar-refractivity contribution in [3.8, 4) is 11.5 Å². The number of benzene rings is 1. The molecule has 1 amide bonds. The molecule has 1 fully saturated rings. The Morgan fingerprint density at radius 2 is 2.36 bits per heavy atom. The number of carbonyl (C=O) groups is 1. The van der Waals surface area contributed by atoms with Crippen molar-refractivity contribution in [3.63, 3.8) is 0 Å². The van der Waals surface area contributed by atoms with Crippen LogP contribution in [0.2, 0.25) is 5.02 Å². The van der Waals surface area contributed by atoms with E-state index in [2.05, 4.69) is 10.6 Å². The fourth-order valence-electron chi connectivity index (χ4n) is 2.20. The summed E-state index contributed by atoms with van der Waals surface area (Å²) in [6, 6.07) is 3.56. The second-order valence-corrected chi connectivity index (χ2v) is 5.23. The Hall–Kier alpha value is -1.50. The molecule has 1 unspecified atom stereocenters. The molecule has 1 aromatic rings. The van der Waals surface area contributed by atoms with Gasteiger partial charge in [0.05, 0.1) is 25.3 Å². The van der Waals surface area contributed by atoms with Crippen LogP contribution in [0.25, 0.3) is 0 Å². The molecule has 7 heteroatoms. The molecule has 1 aliphatic rings. The van der Waals surface area contributed by atoms with E-state index in [1.165, 1.54) is 0 Å². The number of carbonyl (C=O) groups excluding carboxylic acids is 1. The number of amides is 1. The highest BCUT2D eigenvalue weighted by Crippen LogP contribution is 2.36. The van der Waals surface area contributed by atoms with E-state index < -0.39 is 6.10 Å². The van der Waals surface area contributed by atoms with Crippen molar-refractivity contribution in [3.05, 3.63) is 22.7 Å². The first-order valence-corrected chi connectivity index (χ1v) is 7.62. The summed E-state index contributed by atoms with van der Waals surface area (Å²) in [5.41, 5.74) is 0.836. The zero-order chi connectivity index (χ0) is 15.9. The van der Waals surface area contributed by atoms with Gasteiger partial charge in [0, 0.05) is 19.6 Å². The average molecular weight is 329 g/mol. The van der Waals surface area contributed by atoms with Gasteiger partial charge in [-0.1, -0.05) is 11.6 Å². The van der Waals surface area contributed by atoms with Crippen molar-refractivity contribution in [2.45, 2.75) is 19.6 Å². The molecule has 6 nitrogen and oxygen atoms in total. The van der Waals surface area contributed by atoms with Crippen molar-refractivity contribution >= 4 is 17.5 Å². The quantitative estimate of drug-likeness (QED) is 0.825. The highest BCUT2D eigenvalue weighted by atomic mass is 35.5. The number of methoxy groups -OCH3 is 1.